The maximum absolute atomic E-state index is 12.2. The van der Waals surface area contributed by atoms with E-state index in [1.165, 1.54) is 11.3 Å². The third kappa shape index (κ3) is 3.41. The van der Waals surface area contributed by atoms with E-state index in [-0.39, 0.29) is 11.8 Å². The Morgan fingerprint density at radius 1 is 1.15 bits per heavy atom. The molecule has 5 nitrogen and oxygen atoms in total. The molecule has 1 aliphatic rings. The number of nitrogens with zero attached hydrogens (tertiary/aromatic N) is 1. The fourth-order valence-electron chi connectivity index (χ4n) is 3.20. The molecular weight excluding hydrogens is 346 g/mol. The zero-order valence-electron chi connectivity index (χ0n) is 14.1. The van der Waals surface area contributed by atoms with Crippen molar-refractivity contribution in [1.29, 1.82) is 0 Å². The van der Waals surface area contributed by atoms with Gasteiger partial charge in [0.15, 0.2) is 5.13 Å². The summed E-state index contributed by atoms with van der Waals surface area (Å²) in [5.74, 6) is 0.694. The lowest BCUT2D eigenvalue weighted by molar-refractivity contribution is -0.121. The lowest BCUT2D eigenvalue weighted by Crippen LogP contribution is -2.21. The highest BCUT2D eigenvalue weighted by molar-refractivity contribution is 7.15. The van der Waals surface area contributed by atoms with Crippen LogP contribution in [0.15, 0.2) is 54.6 Å². The first-order valence-corrected chi connectivity index (χ1v) is 9.30. The average Bonchev–Trinajstić information content (AvgIpc) is 2.97. The first kappa shape index (κ1) is 16.6. The zero-order chi connectivity index (χ0) is 17.9. The van der Waals surface area contributed by atoms with E-state index in [0.717, 1.165) is 27.4 Å². The molecule has 1 atom stereocenters. The Morgan fingerprint density at radius 3 is 2.77 bits per heavy atom. The van der Waals surface area contributed by atoms with Crippen LogP contribution < -0.4 is 15.8 Å². The summed E-state index contributed by atoms with van der Waals surface area (Å²) in [5.41, 5.74) is 8.86. The Bertz CT molecular complexity index is 924. The summed E-state index contributed by atoms with van der Waals surface area (Å²) in [7, 11) is 0. The van der Waals surface area contributed by atoms with Crippen LogP contribution in [0.1, 0.15) is 34.0 Å². The Kier molecular flexibility index (Phi) is 4.58. The predicted octanol–water partition coefficient (Wildman–Crippen LogP) is 3.46. The molecule has 1 aromatic heterocycles. The highest BCUT2D eigenvalue weighted by atomic mass is 32.1. The monoisotopic (exact) mass is 365 g/mol. The summed E-state index contributed by atoms with van der Waals surface area (Å²) >= 11 is 1.45. The molecule has 3 aromatic rings. The highest BCUT2D eigenvalue weighted by Gasteiger charge is 2.29. The minimum atomic E-state index is -0.103. The van der Waals surface area contributed by atoms with E-state index in [0.29, 0.717) is 24.7 Å². The molecule has 0 unspecified atom stereocenters. The molecule has 3 N–H and O–H groups in total. The number of hydrogen-bond acceptors (Lipinski definition) is 5. The molecule has 132 valence electrons. The number of carbonyl (C=O) groups is 1. The number of fused-ring (bicyclic) bond motifs is 1. The van der Waals surface area contributed by atoms with E-state index >= 15 is 0 Å². The van der Waals surface area contributed by atoms with Gasteiger partial charge in [-0.05, 0) is 11.6 Å². The van der Waals surface area contributed by atoms with Gasteiger partial charge >= 0.3 is 0 Å². The minimum Gasteiger partial charge on any atom is -0.489 e. The minimum absolute atomic E-state index is 0.0108. The fourth-order valence-corrected chi connectivity index (χ4v) is 4.17. The van der Waals surface area contributed by atoms with Crippen LogP contribution in [-0.4, -0.2) is 10.9 Å². The van der Waals surface area contributed by atoms with Gasteiger partial charge in [-0.3, -0.25) is 4.79 Å². The Balaban J connectivity index is 1.67. The highest BCUT2D eigenvalue weighted by Crippen LogP contribution is 2.40. The van der Waals surface area contributed by atoms with Crippen LogP contribution in [0.5, 0.6) is 5.75 Å². The van der Waals surface area contributed by atoms with Gasteiger partial charge in [0.25, 0.3) is 0 Å². The topological polar surface area (TPSA) is 77.2 Å². The van der Waals surface area contributed by atoms with Gasteiger partial charge < -0.3 is 15.8 Å². The van der Waals surface area contributed by atoms with Crippen LogP contribution >= 0.6 is 11.3 Å². The molecule has 0 saturated carbocycles. The van der Waals surface area contributed by atoms with Crippen molar-refractivity contribution >= 4 is 22.4 Å². The first-order chi connectivity index (χ1) is 12.7. The van der Waals surface area contributed by atoms with Crippen molar-refractivity contribution in [2.75, 3.05) is 5.73 Å². The third-order valence-electron chi connectivity index (χ3n) is 4.43. The smallest absolute Gasteiger partial charge is 0.221 e. The third-order valence-corrected chi connectivity index (χ3v) is 5.48. The van der Waals surface area contributed by atoms with E-state index in [1.54, 1.807) is 0 Å². The molecule has 6 heteroatoms. The lowest BCUT2D eigenvalue weighted by Gasteiger charge is -2.18. The number of thiazole rings is 1. The lowest BCUT2D eigenvalue weighted by atomic mass is 9.92. The predicted molar refractivity (Wildman–Crippen MR) is 102 cm³/mol. The van der Waals surface area contributed by atoms with E-state index in [9.17, 15) is 4.79 Å². The average molecular weight is 365 g/mol. The molecule has 0 fully saturated rings. The molecule has 0 spiro atoms. The largest absolute Gasteiger partial charge is 0.489 e. The van der Waals surface area contributed by atoms with Crippen LogP contribution in [0.25, 0.3) is 0 Å². The molecule has 0 aliphatic carbocycles. The van der Waals surface area contributed by atoms with Crippen LogP contribution in [-0.2, 0) is 17.9 Å². The van der Waals surface area contributed by atoms with Crippen LogP contribution in [0.2, 0.25) is 0 Å². The number of rotatable bonds is 4. The number of hydrogen-bond donors (Lipinski definition) is 2. The van der Waals surface area contributed by atoms with Gasteiger partial charge in [-0.15, -0.1) is 11.3 Å². The molecule has 1 aliphatic heterocycles. The maximum atomic E-state index is 12.2. The normalized spacial score (nSPS) is 16.5. The van der Waals surface area contributed by atoms with Gasteiger partial charge in [0.2, 0.25) is 5.91 Å². The van der Waals surface area contributed by atoms with Gasteiger partial charge in [0.1, 0.15) is 12.4 Å². The van der Waals surface area contributed by atoms with Crippen molar-refractivity contribution in [3.8, 4) is 5.75 Å². The molecule has 26 heavy (non-hydrogen) atoms. The number of ether oxygens (including phenoxy) is 1. The number of aromatic nitrogens is 1. The number of nitrogens with one attached hydrogen (secondary N) is 1. The van der Waals surface area contributed by atoms with Crippen molar-refractivity contribution in [2.24, 2.45) is 0 Å². The molecule has 2 aromatic carbocycles. The molecule has 4 rings (SSSR count). The number of amides is 1. The Hall–Kier alpha value is -2.86. The second-order valence-electron chi connectivity index (χ2n) is 6.21. The Morgan fingerprint density at radius 2 is 1.92 bits per heavy atom. The first-order valence-electron chi connectivity index (χ1n) is 8.48. The van der Waals surface area contributed by atoms with Crippen molar-refractivity contribution in [2.45, 2.75) is 25.5 Å². The molecule has 1 amide bonds. The van der Waals surface area contributed by atoms with E-state index in [2.05, 4.69) is 10.3 Å². The molecule has 0 bridgehead atoms. The van der Waals surface area contributed by atoms with Gasteiger partial charge in [0, 0.05) is 22.8 Å². The summed E-state index contributed by atoms with van der Waals surface area (Å²) in [4.78, 5) is 17.6. The van der Waals surface area contributed by atoms with Crippen molar-refractivity contribution in [3.05, 3.63) is 76.3 Å². The fraction of sp³-hybridized carbons (Fsp3) is 0.200. The number of nitrogen functional groups attached to an aromatic ring is 1. The van der Waals surface area contributed by atoms with Crippen LogP contribution in [0.4, 0.5) is 5.13 Å². The quantitative estimate of drug-likeness (QED) is 0.742. The molecule has 0 saturated heterocycles. The molecule has 0 radical (unpaired) electrons. The molecule has 2 heterocycles. The second-order valence-corrected chi connectivity index (χ2v) is 7.27. The number of carbonyl (C=O) groups excluding carboxylic acids is 1. The summed E-state index contributed by atoms with van der Waals surface area (Å²) in [6, 6.07) is 17.9. The van der Waals surface area contributed by atoms with Crippen molar-refractivity contribution < 1.29 is 9.53 Å². The van der Waals surface area contributed by atoms with E-state index in [4.69, 9.17) is 10.5 Å². The summed E-state index contributed by atoms with van der Waals surface area (Å²) < 4.78 is 6.10. The second kappa shape index (κ2) is 7.17. The van der Waals surface area contributed by atoms with Gasteiger partial charge in [0.05, 0.1) is 12.2 Å². The Labute approximate surface area is 155 Å². The van der Waals surface area contributed by atoms with Gasteiger partial charge in [-0.1, -0.05) is 48.5 Å². The van der Waals surface area contributed by atoms with E-state index in [1.807, 2.05) is 54.6 Å². The van der Waals surface area contributed by atoms with Gasteiger partial charge in [-0.2, -0.15) is 0 Å². The zero-order valence-corrected chi connectivity index (χ0v) is 15.0. The van der Waals surface area contributed by atoms with Crippen molar-refractivity contribution in [3.63, 3.8) is 0 Å². The SMILES string of the molecule is Nc1nc2c(s1)[C@H](c1ccccc1OCc1ccccc1)CC(=O)NC2. The molecular formula is C20H19N3O2S. The van der Waals surface area contributed by atoms with Crippen LogP contribution in [0, 0.1) is 0 Å². The van der Waals surface area contributed by atoms with E-state index < -0.39 is 0 Å². The maximum Gasteiger partial charge on any atom is 0.221 e. The summed E-state index contributed by atoms with van der Waals surface area (Å²) in [6.45, 7) is 0.903. The number of benzene rings is 2. The van der Waals surface area contributed by atoms with Crippen molar-refractivity contribution in [1.82, 2.24) is 10.3 Å². The number of nitrogens with two attached hydrogens (primary N) is 1. The number of anilines is 1. The number of para-hydroxylation sites is 1. The summed E-state index contributed by atoms with van der Waals surface area (Å²) in [5, 5.41) is 3.43. The van der Waals surface area contributed by atoms with Crippen LogP contribution in [0.3, 0.4) is 0 Å². The standard InChI is InChI=1S/C20H19N3O2S/c21-20-23-16-11-22-18(24)10-15(19(16)26-20)14-8-4-5-9-17(14)25-12-13-6-2-1-3-7-13/h1-9,15H,10-12H2,(H2,21,23)(H,22,24)/t15-/m0/s1. The van der Waals surface area contributed by atoms with Gasteiger partial charge in [-0.25, -0.2) is 4.98 Å². The summed E-state index contributed by atoms with van der Waals surface area (Å²) in [6.07, 6.45) is 0.361.